The van der Waals surface area contributed by atoms with Gasteiger partial charge in [0.1, 0.15) is 0 Å². The van der Waals surface area contributed by atoms with E-state index in [-0.39, 0.29) is 0 Å². The summed E-state index contributed by atoms with van der Waals surface area (Å²) in [4.78, 5) is 0. The molecule has 1 aromatic carbocycles. The molecule has 1 aliphatic rings. The molecule has 0 bridgehead atoms. The first-order valence-corrected chi connectivity index (χ1v) is 5.65. The van der Waals surface area contributed by atoms with Crippen molar-refractivity contribution in [2.24, 2.45) is 0 Å². The molecular formula is C15H18. The van der Waals surface area contributed by atoms with E-state index in [4.69, 9.17) is 0 Å². The minimum absolute atomic E-state index is 0.600. The molecule has 0 saturated carbocycles. The molecule has 0 radical (unpaired) electrons. The fraction of sp³-hybridized carbons (Fsp3) is 0.333. The van der Waals surface area contributed by atoms with Crippen LogP contribution in [0.3, 0.4) is 0 Å². The van der Waals surface area contributed by atoms with Crippen LogP contribution in [0.1, 0.15) is 44.2 Å². The Balaban J connectivity index is 2.41. The van der Waals surface area contributed by atoms with E-state index in [0.717, 1.165) is 6.42 Å². The summed E-state index contributed by atoms with van der Waals surface area (Å²) in [5.74, 6) is 0.600. The Hall–Kier alpha value is -1.30. The van der Waals surface area contributed by atoms with Crippen molar-refractivity contribution in [2.45, 2.75) is 33.1 Å². The Kier molecular flexibility index (Phi) is 2.77. The molecule has 0 amide bonds. The smallest absolute Gasteiger partial charge is 0.00856 e. The molecule has 1 aliphatic carbocycles. The third kappa shape index (κ3) is 2.04. The molecule has 0 aliphatic heterocycles. The number of hydrogen-bond donors (Lipinski definition) is 0. The lowest BCUT2D eigenvalue weighted by atomic mass is 9.92. The van der Waals surface area contributed by atoms with E-state index in [9.17, 15) is 0 Å². The van der Waals surface area contributed by atoms with Crippen molar-refractivity contribution in [3.63, 3.8) is 0 Å². The molecule has 15 heavy (non-hydrogen) atoms. The maximum Gasteiger partial charge on any atom is -0.00856 e. The lowest BCUT2D eigenvalue weighted by molar-refractivity contribution is 0.862. The molecular weight excluding hydrogens is 180 g/mol. The van der Waals surface area contributed by atoms with E-state index in [1.807, 2.05) is 0 Å². The van der Waals surface area contributed by atoms with E-state index in [2.05, 4.69) is 57.2 Å². The predicted molar refractivity (Wildman–Crippen MR) is 66.9 cm³/mol. The van der Waals surface area contributed by atoms with Crippen LogP contribution in [0, 0.1) is 0 Å². The van der Waals surface area contributed by atoms with Crippen LogP contribution in [0.2, 0.25) is 0 Å². The maximum atomic E-state index is 2.31. The SMILES string of the molecule is CC1=CCC(c2ccccc2C(C)C)=C1. The first kappa shape index (κ1) is 10.2. The highest BCUT2D eigenvalue weighted by molar-refractivity contribution is 5.74. The normalized spacial score (nSPS) is 15.5. The maximum absolute atomic E-state index is 2.31. The Morgan fingerprint density at radius 1 is 1.13 bits per heavy atom. The average molecular weight is 198 g/mol. The van der Waals surface area contributed by atoms with Gasteiger partial charge in [-0.3, -0.25) is 0 Å². The Morgan fingerprint density at radius 2 is 1.87 bits per heavy atom. The first-order chi connectivity index (χ1) is 7.18. The molecule has 0 aromatic heterocycles. The Bertz CT molecular complexity index is 419. The zero-order valence-electron chi connectivity index (χ0n) is 9.75. The van der Waals surface area contributed by atoms with E-state index < -0.39 is 0 Å². The summed E-state index contributed by atoms with van der Waals surface area (Å²) in [7, 11) is 0. The zero-order chi connectivity index (χ0) is 10.8. The third-order valence-electron chi connectivity index (χ3n) is 2.97. The fourth-order valence-electron chi connectivity index (χ4n) is 2.14. The minimum atomic E-state index is 0.600. The molecule has 0 fully saturated rings. The van der Waals surface area contributed by atoms with Crippen molar-refractivity contribution in [3.05, 3.63) is 53.1 Å². The molecule has 0 N–H and O–H groups in total. The van der Waals surface area contributed by atoms with Gasteiger partial charge in [-0.15, -0.1) is 0 Å². The van der Waals surface area contributed by atoms with Crippen LogP contribution >= 0.6 is 0 Å². The molecule has 0 nitrogen and oxygen atoms in total. The van der Waals surface area contributed by atoms with Crippen LogP contribution in [0.15, 0.2) is 42.0 Å². The zero-order valence-corrected chi connectivity index (χ0v) is 9.75. The molecule has 0 saturated heterocycles. The highest BCUT2D eigenvalue weighted by Crippen LogP contribution is 2.32. The average Bonchev–Trinajstić information content (AvgIpc) is 2.65. The summed E-state index contributed by atoms with van der Waals surface area (Å²) < 4.78 is 0. The van der Waals surface area contributed by atoms with Crippen LogP contribution in [0.4, 0.5) is 0 Å². The molecule has 0 heteroatoms. The van der Waals surface area contributed by atoms with Crippen LogP contribution in [0.5, 0.6) is 0 Å². The summed E-state index contributed by atoms with van der Waals surface area (Å²) in [5.41, 5.74) is 5.76. The van der Waals surface area contributed by atoms with E-state index in [0.29, 0.717) is 5.92 Å². The second kappa shape index (κ2) is 4.06. The Labute approximate surface area is 92.3 Å². The van der Waals surface area contributed by atoms with Crippen molar-refractivity contribution in [3.8, 4) is 0 Å². The number of allylic oxidation sites excluding steroid dienone is 4. The fourth-order valence-corrected chi connectivity index (χ4v) is 2.14. The first-order valence-electron chi connectivity index (χ1n) is 5.65. The van der Waals surface area contributed by atoms with E-state index >= 15 is 0 Å². The largest absolute Gasteiger partial charge is 0.0772 e. The summed E-state index contributed by atoms with van der Waals surface area (Å²) in [6.45, 7) is 6.69. The summed E-state index contributed by atoms with van der Waals surface area (Å²) in [5, 5.41) is 0. The van der Waals surface area contributed by atoms with Gasteiger partial charge in [-0.1, -0.05) is 55.8 Å². The summed E-state index contributed by atoms with van der Waals surface area (Å²) in [6.07, 6.45) is 5.70. The van der Waals surface area contributed by atoms with Gasteiger partial charge >= 0.3 is 0 Å². The van der Waals surface area contributed by atoms with E-state index in [1.54, 1.807) is 0 Å². The van der Waals surface area contributed by atoms with Crippen molar-refractivity contribution >= 4 is 5.57 Å². The van der Waals surface area contributed by atoms with Gasteiger partial charge in [-0.2, -0.15) is 0 Å². The molecule has 0 heterocycles. The molecule has 78 valence electrons. The monoisotopic (exact) mass is 198 g/mol. The van der Waals surface area contributed by atoms with Gasteiger partial charge < -0.3 is 0 Å². The van der Waals surface area contributed by atoms with Crippen molar-refractivity contribution < 1.29 is 0 Å². The minimum Gasteiger partial charge on any atom is -0.0772 e. The van der Waals surface area contributed by atoms with Gasteiger partial charge in [0.2, 0.25) is 0 Å². The topological polar surface area (TPSA) is 0 Å². The van der Waals surface area contributed by atoms with Crippen molar-refractivity contribution in [2.75, 3.05) is 0 Å². The van der Waals surface area contributed by atoms with E-state index in [1.165, 1.54) is 22.3 Å². The second-order valence-electron chi connectivity index (χ2n) is 4.56. The quantitative estimate of drug-likeness (QED) is 0.654. The summed E-state index contributed by atoms with van der Waals surface area (Å²) >= 11 is 0. The highest BCUT2D eigenvalue weighted by Gasteiger charge is 2.11. The molecule has 0 spiro atoms. The van der Waals surface area contributed by atoms with Crippen LogP contribution < -0.4 is 0 Å². The van der Waals surface area contributed by atoms with Gasteiger partial charge in [0.05, 0.1) is 0 Å². The molecule has 0 atom stereocenters. The van der Waals surface area contributed by atoms with Gasteiger partial charge in [0.25, 0.3) is 0 Å². The van der Waals surface area contributed by atoms with Crippen molar-refractivity contribution in [1.82, 2.24) is 0 Å². The standard InChI is InChI=1S/C15H18/c1-11(2)14-6-4-5-7-15(14)13-9-8-12(3)10-13/h4-8,10-11H,9H2,1-3H3. The number of rotatable bonds is 2. The van der Waals surface area contributed by atoms with Gasteiger partial charge in [0, 0.05) is 0 Å². The third-order valence-corrected chi connectivity index (χ3v) is 2.97. The van der Waals surface area contributed by atoms with Crippen LogP contribution in [-0.2, 0) is 0 Å². The van der Waals surface area contributed by atoms with Crippen LogP contribution in [0.25, 0.3) is 5.57 Å². The number of hydrogen-bond acceptors (Lipinski definition) is 0. The lowest BCUT2D eigenvalue weighted by Crippen LogP contribution is -1.94. The predicted octanol–water partition coefficient (Wildman–Crippen LogP) is 4.54. The molecule has 0 unspecified atom stereocenters. The molecule has 2 rings (SSSR count). The lowest BCUT2D eigenvalue weighted by Gasteiger charge is -2.13. The number of benzene rings is 1. The second-order valence-corrected chi connectivity index (χ2v) is 4.56. The van der Waals surface area contributed by atoms with Crippen molar-refractivity contribution in [1.29, 1.82) is 0 Å². The summed E-state index contributed by atoms with van der Waals surface area (Å²) in [6, 6.07) is 8.76. The van der Waals surface area contributed by atoms with Gasteiger partial charge in [-0.05, 0) is 36.0 Å². The van der Waals surface area contributed by atoms with Gasteiger partial charge in [0.15, 0.2) is 0 Å². The van der Waals surface area contributed by atoms with Crippen LogP contribution in [-0.4, -0.2) is 0 Å². The van der Waals surface area contributed by atoms with Gasteiger partial charge in [-0.25, -0.2) is 0 Å². The Morgan fingerprint density at radius 3 is 2.47 bits per heavy atom. The highest BCUT2D eigenvalue weighted by atomic mass is 14.2. The molecule has 1 aromatic rings.